The quantitative estimate of drug-likeness (QED) is 0.744. The van der Waals surface area contributed by atoms with Gasteiger partial charge in [0.2, 0.25) is 5.91 Å². The Morgan fingerprint density at radius 3 is 3.00 bits per heavy atom. The van der Waals surface area contributed by atoms with Gasteiger partial charge in [0.25, 0.3) is 0 Å². The van der Waals surface area contributed by atoms with E-state index in [1.165, 1.54) is 12.8 Å². The minimum absolute atomic E-state index is 0.00517. The number of hydrogen-bond donors (Lipinski definition) is 0. The van der Waals surface area contributed by atoms with Crippen molar-refractivity contribution in [1.29, 1.82) is 0 Å². The summed E-state index contributed by atoms with van der Waals surface area (Å²) in [4.78, 5) is 14.1. The zero-order valence-electron chi connectivity index (χ0n) is 13.0. The van der Waals surface area contributed by atoms with Crippen molar-refractivity contribution in [2.75, 3.05) is 46.6 Å². The van der Waals surface area contributed by atoms with Gasteiger partial charge < -0.3 is 19.1 Å². The molecule has 1 aliphatic carbocycles. The molecule has 1 saturated carbocycles. The fraction of sp³-hybridized carbons (Fsp3) is 0.938. The summed E-state index contributed by atoms with van der Waals surface area (Å²) in [5, 5.41) is 0. The molecule has 5 nitrogen and oxygen atoms in total. The standard InChI is InChI=1S/C16H27NO4/c1-19-10-15(18)17-7-5-14-16(11-17,6-2-8-21-14)12-20-9-13-3-4-13/h13-14H,2-12H2,1H3/t14-,16-/m0/s1. The lowest BCUT2D eigenvalue weighted by atomic mass is 9.73. The maximum atomic E-state index is 12.1. The second kappa shape index (κ2) is 6.63. The summed E-state index contributed by atoms with van der Waals surface area (Å²) in [5.74, 6) is 0.863. The first-order valence-electron chi connectivity index (χ1n) is 8.19. The van der Waals surface area contributed by atoms with E-state index < -0.39 is 0 Å². The van der Waals surface area contributed by atoms with Gasteiger partial charge in [0.15, 0.2) is 0 Å². The second-order valence-electron chi connectivity index (χ2n) is 6.82. The lowest BCUT2D eigenvalue weighted by molar-refractivity contribution is -0.167. The third-order valence-corrected chi connectivity index (χ3v) is 5.05. The summed E-state index contributed by atoms with van der Waals surface area (Å²) in [6.45, 7) is 4.15. The predicted molar refractivity (Wildman–Crippen MR) is 78.0 cm³/mol. The topological polar surface area (TPSA) is 48.0 Å². The third-order valence-electron chi connectivity index (χ3n) is 5.05. The average molecular weight is 297 g/mol. The molecule has 0 aromatic rings. The van der Waals surface area contributed by atoms with E-state index in [1.54, 1.807) is 7.11 Å². The van der Waals surface area contributed by atoms with E-state index in [4.69, 9.17) is 14.2 Å². The van der Waals surface area contributed by atoms with Gasteiger partial charge in [0.05, 0.1) is 12.7 Å². The highest BCUT2D eigenvalue weighted by Gasteiger charge is 2.47. The first-order valence-corrected chi connectivity index (χ1v) is 8.19. The molecule has 21 heavy (non-hydrogen) atoms. The molecule has 1 amide bonds. The number of likely N-dealkylation sites (tertiary alicyclic amines) is 1. The van der Waals surface area contributed by atoms with Crippen LogP contribution in [-0.4, -0.2) is 63.5 Å². The van der Waals surface area contributed by atoms with E-state index in [2.05, 4.69) is 0 Å². The number of methoxy groups -OCH3 is 1. The first kappa shape index (κ1) is 15.3. The molecule has 3 aliphatic rings. The maximum Gasteiger partial charge on any atom is 0.248 e. The van der Waals surface area contributed by atoms with Crippen molar-refractivity contribution in [1.82, 2.24) is 4.90 Å². The van der Waals surface area contributed by atoms with E-state index in [0.29, 0.717) is 0 Å². The van der Waals surface area contributed by atoms with Crippen LogP contribution in [0.3, 0.4) is 0 Å². The molecule has 120 valence electrons. The molecule has 2 atom stereocenters. The van der Waals surface area contributed by atoms with Gasteiger partial charge in [-0.05, 0) is 38.0 Å². The van der Waals surface area contributed by atoms with Crippen molar-refractivity contribution < 1.29 is 19.0 Å². The SMILES string of the molecule is COCC(=O)N1CC[C@@H]2OCCC[C@@]2(COCC2CC2)C1. The molecule has 0 aromatic carbocycles. The maximum absolute atomic E-state index is 12.1. The Hall–Kier alpha value is -0.650. The van der Waals surface area contributed by atoms with Crippen LogP contribution in [0.4, 0.5) is 0 Å². The van der Waals surface area contributed by atoms with Crippen molar-refractivity contribution >= 4 is 5.91 Å². The van der Waals surface area contributed by atoms with Crippen molar-refractivity contribution in [3.05, 3.63) is 0 Å². The van der Waals surface area contributed by atoms with Gasteiger partial charge in [0, 0.05) is 38.8 Å². The van der Waals surface area contributed by atoms with Crippen LogP contribution in [0, 0.1) is 11.3 Å². The number of amides is 1. The average Bonchev–Trinajstić information content (AvgIpc) is 3.31. The molecular weight excluding hydrogens is 270 g/mol. The van der Waals surface area contributed by atoms with Crippen LogP contribution >= 0.6 is 0 Å². The largest absolute Gasteiger partial charge is 0.380 e. The van der Waals surface area contributed by atoms with Crippen molar-refractivity contribution in [2.45, 2.75) is 38.2 Å². The minimum atomic E-state index is -0.00517. The predicted octanol–water partition coefficient (Wildman–Crippen LogP) is 1.46. The van der Waals surface area contributed by atoms with Gasteiger partial charge in [-0.3, -0.25) is 4.79 Å². The number of fused-ring (bicyclic) bond motifs is 1. The van der Waals surface area contributed by atoms with Crippen LogP contribution in [0.25, 0.3) is 0 Å². The molecule has 3 fully saturated rings. The third kappa shape index (κ3) is 3.58. The Morgan fingerprint density at radius 1 is 1.38 bits per heavy atom. The number of hydrogen-bond acceptors (Lipinski definition) is 4. The van der Waals surface area contributed by atoms with Crippen LogP contribution in [0.1, 0.15) is 32.1 Å². The Kier molecular flexibility index (Phi) is 4.82. The molecule has 0 aromatic heterocycles. The summed E-state index contributed by atoms with van der Waals surface area (Å²) in [7, 11) is 1.57. The first-order chi connectivity index (χ1) is 10.2. The monoisotopic (exact) mass is 297 g/mol. The molecule has 2 aliphatic heterocycles. The zero-order chi connectivity index (χ0) is 14.7. The minimum Gasteiger partial charge on any atom is -0.380 e. The molecule has 0 spiro atoms. The summed E-state index contributed by atoms with van der Waals surface area (Å²) in [5.41, 5.74) is -0.00517. The summed E-state index contributed by atoms with van der Waals surface area (Å²) in [6, 6.07) is 0. The van der Waals surface area contributed by atoms with Gasteiger partial charge in [0.1, 0.15) is 6.61 Å². The Labute approximate surface area is 126 Å². The number of nitrogens with zero attached hydrogens (tertiary/aromatic N) is 1. The molecule has 2 saturated heterocycles. The van der Waals surface area contributed by atoms with E-state index in [0.717, 1.165) is 58.1 Å². The molecule has 0 bridgehead atoms. The lowest BCUT2D eigenvalue weighted by Gasteiger charge is -2.50. The van der Waals surface area contributed by atoms with Gasteiger partial charge in [-0.25, -0.2) is 0 Å². The smallest absolute Gasteiger partial charge is 0.248 e. The number of carbonyl (C=O) groups excluding carboxylic acids is 1. The van der Waals surface area contributed by atoms with Crippen LogP contribution in [-0.2, 0) is 19.0 Å². The van der Waals surface area contributed by atoms with E-state index in [1.807, 2.05) is 4.90 Å². The van der Waals surface area contributed by atoms with E-state index >= 15 is 0 Å². The van der Waals surface area contributed by atoms with Crippen LogP contribution < -0.4 is 0 Å². The summed E-state index contributed by atoms with van der Waals surface area (Å²) < 4.78 is 17.0. The Bertz CT molecular complexity index is 371. The second-order valence-corrected chi connectivity index (χ2v) is 6.82. The Morgan fingerprint density at radius 2 is 2.24 bits per heavy atom. The molecular formula is C16H27NO4. The fourth-order valence-electron chi connectivity index (χ4n) is 3.64. The van der Waals surface area contributed by atoms with Gasteiger partial charge >= 0.3 is 0 Å². The normalized spacial score (nSPS) is 32.8. The molecule has 0 radical (unpaired) electrons. The van der Waals surface area contributed by atoms with Crippen molar-refractivity contribution in [2.24, 2.45) is 11.3 Å². The summed E-state index contributed by atoms with van der Waals surface area (Å²) in [6.07, 6.45) is 5.95. The van der Waals surface area contributed by atoms with Gasteiger partial charge in [-0.1, -0.05) is 0 Å². The molecule has 0 unspecified atom stereocenters. The highest BCUT2D eigenvalue weighted by molar-refractivity contribution is 5.77. The number of carbonyl (C=O) groups is 1. The molecule has 5 heteroatoms. The zero-order valence-corrected chi connectivity index (χ0v) is 13.0. The molecule has 0 N–H and O–H groups in total. The van der Waals surface area contributed by atoms with Crippen LogP contribution in [0.2, 0.25) is 0 Å². The van der Waals surface area contributed by atoms with Crippen molar-refractivity contribution in [3.8, 4) is 0 Å². The van der Waals surface area contributed by atoms with Crippen LogP contribution in [0.5, 0.6) is 0 Å². The number of piperidine rings is 1. The summed E-state index contributed by atoms with van der Waals surface area (Å²) >= 11 is 0. The van der Waals surface area contributed by atoms with Gasteiger partial charge in [-0.2, -0.15) is 0 Å². The molecule has 2 heterocycles. The highest BCUT2D eigenvalue weighted by Crippen LogP contribution is 2.41. The lowest BCUT2D eigenvalue weighted by Crippen LogP contribution is -2.58. The van der Waals surface area contributed by atoms with E-state index in [-0.39, 0.29) is 24.0 Å². The van der Waals surface area contributed by atoms with E-state index in [9.17, 15) is 4.79 Å². The number of ether oxygens (including phenoxy) is 3. The fourth-order valence-corrected chi connectivity index (χ4v) is 3.64. The van der Waals surface area contributed by atoms with Crippen molar-refractivity contribution in [3.63, 3.8) is 0 Å². The Balaban J connectivity index is 1.62. The molecule has 3 rings (SSSR count). The number of rotatable bonds is 6. The van der Waals surface area contributed by atoms with Gasteiger partial charge in [-0.15, -0.1) is 0 Å². The van der Waals surface area contributed by atoms with Crippen LogP contribution in [0.15, 0.2) is 0 Å². The highest BCUT2D eigenvalue weighted by atomic mass is 16.5.